The largest absolute Gasteiger partial charge is 0.473 e. The summed E-state index contributed by atoms with van der Waals surface area (Å²) in [5, 5.41) is 8.91. The molecule has 1 aliphatic heterocycles. The molecule has 0 radical (unpaired) electrons. The molecule has 0 bridgehead atoms. The van der Waals surface area contributed by atoms with Crippen LogP contribution in [0.2, 0.25) is 0 Å². The van der Waals surface area contributed by atoms with Gasteiger partial charge < -0.3 is 18.9 Å². The molecule has 0 unspecified atom stereocenters. The van der Waals surface area contributed by atoms with E-state index < -0.39 is 36.2 Å². The zero-order valence-electron chi connectivity index (χ0n) is 11.8. The van der Waals surface area contributed by atoms with E-state index in [9.17, 15) is 14.4 Å². The summed E-state index contributed by atoms with van der Waals surface area (Å²) in [6.45, 7) is 3.32. The Morgan fingerprint density at radius 3 is 2.29 bits per heavy atom. The van der Waals surface area contributed by atoms with Gasteiger partial charge in [-0.25, -0.2) is 0 Å². The Morgan fingerprint density at radius 2 is 1.81 bits per heavy atom. The van der Waals surface area contributed by atoms with Crippen LogP contribution in [-0.2, 0) is 33.3 Å². The van der Waals surface area contributed by atoms with Crippen molar-refractivity contribution in [2.24, 2.45) is 0 Å². The standard InChI is InChI=1S/C13H15NO7/c1-7(15)18-6-12-13(20-9(3)17)11(19-8(2)16)4-10(5-14)21-12/h4,11-13H,6H2,1-3H3/t11-,12-,13+/m1/s1. The van der Waals surface area contributed by atoms with E-state index in [1.54, 1.807) is 6.07 Å². The van der Waals surface area contributed by atoms with Gasteiger partial charge in [-0.05, 0) is 0 Å². The molecule has 0 saturated heterocycles. The van der Waals surface area contributed by atoms with Gasteiger partial charge in [0.05, 0.1) is 0 Å². The quantitative estimate of drug-likeness (QED) is 0.535. The average molecular weight is 297 g/mol. The van der Waals surface area contributed by atoms with Crippen LogP contribution in [0.25, 0.3) is 0 Å². The van der Waals surface area contributed by atoms with Crippen LogP contribution in [0.15, 0.2) is 11.8 Å². The van der Waals surface area contributed by atoms with Gasteiger partial charge in [0.25, 0.3) is 0 Å². The minimum absolute atomic E-state index is 0.109. The lowest BCUT2D eigenvalue weighted by Gasteiger charge is -2.34. The molecule has 114 valence electrons. The van der Waals surface area contributed by atoms with Gasteiger partial charge in [-0.15, -0.1) is 0 Å². The van der Waals surface area contributed by atoms with Crippen molar-refractivity contribution in [1.82, 2.24) is 0 Å². The average Bonchev–Trinajstić information content (AvgIpc) is 2.37. The van der Waals surface area contributed by atoms with Crippen molar-refractivity contribution in [2.45, 2.75) is 39.1 Å². The van der Waals surface area contributed by atoms with Gasteiger partial charge in [-0.3, -0.25) is 14.4 Å². The highest BCUT2D eigenvalue weighted by molar-refractivity contribution is 5.68. The van der Waals surface area contributed by atoms with Crippen LogP contribution in [0.3, 0.4) is 0 Å². The Balaban J connectivity index is 2.99. The normalized spacial score (nSPS) is 23.9. The Hall–Kier alpha value is -2.56. The van der Waals surface area contributed by atoms with Crippen molar-refractivity contribution in [3.63, 3.8) is 0 Å². The minimum atomic E-state index is -1.01. The van der Waals surface area contributed by atoms with Gasteiger partial charge in [0, 0.05) is 26.8 Å². The summed E-state index contributed by atoms with van der Waals surface area (Å²) in [6.07, 6.45) is -1.71. The topological polar surface area (TPSA) is 112 Å². The molecule has 0 aliphatic carbocycles. The van der Waals surface area contributed by atoms with Crippen LogP contribution in [-0.4, -0.2) is 42.8 Å². The first kappa shape index (κ1) is 16.5. The molecule has 3 atom stereocenters. The van der Waals surface area contributed by atoms with E-state index in [2.05, 4.69) is 0 Å². The molecule has 8 nitrogen and oxygen atoms in total. The Bertz CT molecular complexity index is 505. The molecular weight excluding hydrogens is 282 g/mol. The number of hydrogen-bond acceptors (Lipinski definition) is 8. The van der Waals surface area contributed by atoms with Crippen LogP contribution < -0.4 is 0 Å². The number of hydrogen-bond donors (Lipinski definition) is 0. The first-order valence-electron chi connectivity index (χ1n) is 6.10. The third-order valence-electron chi connectivity index (χ3n) is 2.45. The Labute approximate surface area is 121 Å². The maximum Gasteiger partial charge on any atom is 0.303 e. The van der Waals surface area contributed by atoms with Crippen molar-refractivity contribution < 1.29 is 33.3 Å². The van der Waals surface area contributed by atoms with Crippen molar-refractivity contribution in [3.8, 4) is 6.07 Å². The van der Waals surface area contributed by atoms with Gasteiger partial charge in [0.1, 0.15) is 12.7 Å². The summed E-state index contributed by atoms with van der Waals surface area (Å²) in [7, 11) is 0. The fourth-order valence-electron chi connectivity index (χ4n) is 1.74. The number of esters is 3. The molecule has 0 spiro atoms. The fourth-order valence-corrected chi connectivity index (χ4v) is 1.74. The van der Waals surface area contributed by atoms with Crippen LogP contribution in [0.5, 0.6) is 0 Å². The first-order valence-corrected chi connectivity index (χ1v) is 6.10. The van der Waals surface area contributed by atoms with E-state index in [1.807, 2.05) is 0 Å². The maximum absolute atomic E-state index is 11.2. The van der Waals surface area contributed by atoms with E-state index in [4.69, 9.17) is 24.2 Å². The summed E-state index contributed by atoms with van der Waals surface area (Å²) in [5.74, 6) is -1.90. The molecule has 1 rings (SSSR count). The van der Waals surface area contributed by atoms with Gasteiger partial charge >= 0.3 is 17.9 Å². The lowest BCUT2D eigenvalue weighted by molar-refractivity contribution is -0.180. The third-order valence-corrected chi connectivity index (χ3v) is 2.45. The summed E-state index contributed by atoms with van der Waals surface area (Å²) in [6, 6.07) is 1.77. The van der Waals surface area contributed by atoms with Gasteiger partial charge in [0.2, 0.25) is 0 Å². The molecule has 1 heterocycles. The number of nitrogens with zero attached hydrogens (tertiary/aromatic N) is 1. The van der Waals surface area contributed by atoms with Crippen molar-refractivity contribution in [3.05, 3.63) is 11.8 Å². The number of rotatable bonds is 4. The predicted molar refractivity (Wildman–Crippen MR) is 66.3 cm³/mol. The lowest BCUT2D eigenvalue weighted by Crippen LogP contribution is -2.48. The monoisotopic (exact) mass is 297 g/mol. The van der Waals surface area contributed by atoms with Crippen LogP contribution in [0.4, 0.5) is 0 Å². The molecule has 0 aromatic rings. The molecule has 21 heavy (non-hydrogen) atoms. The van der Waals surface area contributed by atoms with E-state index >= 15 is 0 Å². The highest BCUT2D eigenvalue weighted by atomic mass is 16.6. The second-order valence-electron chi connectivity index (χ2n) is 4.25. The highest BCUT2D eigenvalue weighted by Gasteiger charge is 2.40. The smallest absolute Gasteiger partial charge is 0.303 e. The summed E-state index contributed by atoms with van der Waals surface area (Å²) >= 11 is 0. The SMILES string of the molecule is CC(=O)OC[C@H]1OC(C#N)=C[C@@H](OC(C)=O)[C@@H]1OC(C)=O. The van der Waals surface area contributed by atoms with E-state index in [0.29, 0.717) is 0 Å². The molecule has 0 aromatic carbocycles. The van der Waals surface area contributed by atoms with Crippen molar-refractivity contribution in [2.75, 3.05) is 6.61 Å². The van der Waals surface area contributed by atoms with E-state index in [1.165, 1.54) is 26.8 Å². The molecule has 0 saturated carbocycles. The molecule has 0 fully saturated rings. The zero-order chi connectivity index (χ0) is 16.0. The summed E-state index contributed by atoms with van der Waals surface area (Å²) in [4.78, 5) is 33.2. The van der Waals surface area contributed by atoms with Crippen LogP contribution in [0.1, 0.15) is 20.8 Å². The second-order valence-corrected chi connectivity index (χ2v) is 4.25. The number of carbonyl (C=O) groups is 3. The van der Waals surface area contributed by atoms with Gasteiger partial charge in [0.15, 0.2) is 24.1 Å². The fraction of sp³-hybridized carbons (Fsp3) is 0.538. The third kappa shape index (κ3) is 5.14. The van der Waals surface area contributed by atoms with E-state index in [0.717, 1.165) is 0 Å². The molecule has 0 aromatic heterocycles. The number of nitriles is 1. The second kappa shape index (κ2) is 7.28. The Kier molecular flexibility index (Phi) is 5.72. The van der Waals surface area contributed by atoms with Crippen LogP contribution in [0, 0.1) is 11.3 Å². The predicted octanol–water partition coefficient (Wildman–Crippen LogP) is 0.219. The Morgan fingerprint density at radius 1 is 1.19 bits per heavy atom. The molecular formula is C13H15NO7. The summed E-state index contributed by atoms with van der Waals surface area (Å²) in [5.41, 5.74) is 0. The maximum atomic E-state index is 11.2. The number of ether oxygens (including phenoxy) is 4. The highest BCUT2D eigenvalue weighted by Crippen LogP contribution is 2.23. The zero-order valence-corrected chi connectivity index (χ0v) is 11.8. The van der Waals surface area contributed by atoms with E-state index in [-0.39, 0.29) is 12.4 Å². The van der Waals surface area contributed by atoms with Gasteiger partial charge in [-0.2, -0.15) is 5.26 Å². The van der Waals surface area contributed by atoms with Crippen molar-refractivity contribution >= 4 is 17.9 Å². The lowest BCUT2D eigenvalue weighted by atomic mass is 10.0. The number of allylic oxidation sites excluding steroid dienone is 1. The molecule has 1 aliphatic rings. The number of carbonyl (C=O) groups excluding carboxylic acids is 3. The van der Waals surface area contributed by atoms with Gasteiger partial charge in [-0.1, -0.05) is 0 Å². The molecule has 0 amide bonds. The molecule has 0 N–H and O–H groups in total. The van der Waals surface area contributed by atoms with Crippen molar-refractivity contribution in [1.29, 1.82) is 5.26 Å². The minimum Gasteiger partial charge on any atom is -0.473 e. The summed E-state index contributed by atoms with van der Waals surface area (Å²) < 4.78 is 20.1. The molecule has 8 heteroatoms. The first-order chi connectivity index (χ1) is 9.83. The van der Waals surface area contributed by atoms with Crippen LogP contribution >= 0.6 is 0 Å².